The molecule has 1 rings (SSSR count). The maximum absolute atomic E-state index is 11.8. The fourth-order valence-corrected chi connectivity index (χ4v) is 3.65. The highest BCUT2D eigenvalue weighted by atomic mass is 32.2. The minimum Gasteiger partial charge on any atom is -0.392 e. The van der Waals surface area contributed by atoms with Gasteiger partial charge in [0.1, 0.15) is 15.2 Å². The molecule has 1 aromatic heterocycles. The second-order valence-electron chi connectivity index (χ2n) is 4.37. The van der Waals surface area contributed by atoms with Gasteiger partial charge in [-0.25, -0.2) is 13.1 Å². The maximum atomic E-state index is 11.8. The second kappa shape index (κ2) is 6.29. The molecular weight excluding hydrogens is 272 g/mol. The number of rotatable bonds is 6. The summed E-state index contributed by atoms with van der Waals surface area (Å²) in [6.45, 7) is 3.90. The van der Waals surface area contributed by atoms with Crippen LogP contribution in [-0.2, 0) is 10.0 Å². The lowest BCUT2D eigenvalue weighted by Crippen LogP contribution is -2.32. The largest absolute Gasteiger partial charge is 0.392 e. The van der Waals surface area contributed by atoms with Gasteiger partial charge in [0.25, 0.3) is 0 Å². The Morgan fingerprint density at radius 1 is 1.50 bits per heavy atom. The van der Waals surface area contributed by atoms with Gasteiger partial charge < -0.3 is 5.11 Å². The highest BCUT2D eigenvalue weighted by Gasteiger charge is 2.18. The van der Waals surface area contributed by atoms with Crippen LogP contribution in [0.4, 0.5) is 0 Å². The Morgan fingerprint density at radius 2 is 2.17 bits per heavy atom. The number of hydrogen-bond donors (Lipinski definition) is 2. The second-order valence-corrected chi connectivity index (χ2v) is 7.44. The van der Waals surface area contributed by atoms with Gasteiger partial charge in [-0.2, -0.15) is 5.26 Å². The van der Waals surface area contributed by atoms with E-state index in [-0.39, 0.29) is 10.8 Å². The van der Waals surface area contributed by atoms with E-state index in [1.54, 1.807) is 0 Å². The van der Waals surface area contributed by atoms with Gasteiger partial charge in [0.05, 0.1) is 6.10 Å². The zero-order valence-electron chi connectivity index (χ0n) is 10.3. The van der Waals surface area contributed by atoms with Crippen molar-refractivity contribution >= 4 is 21.4 Å². The third-order valence-corrected chi connectivity index (χ3v) is 5.11. The van der Waals surface area contributed by atoms with Crippen LogP contribution in [0, 0.1) is 17.2 Å². The van der Waals surface area contributed by atoms with Crippen LogP contribution < -0.4 is 4.72 Å². The predicted octanol–water partition coefficient (Wildman–Crippen LogP) is 1.31. The monoisotopic (exact) mass is 288 g/mol. The highest BCUT2D eigenvalue weighted by Crippen LogP contribution is 2.20. The first-order valence-corrected chi connectivity index (χ1v) is 7.82. The van der Waals surface area contributed by atoms with E-state index in [1.807, 2.05) is 19.9 Å². The number of sulfonamides is 1. The van der Waals surface area contributed by atoms with E-state index in [4.69, 9.17) is 5.26 Å². The Morgan fingerprint density at radius 3 is 2.67 bits per heavy atom. The Balaban J connectivity index is 2.63. The van der Waals surface area contributed by atoms with Gasteiger partial charge in [-0.05, 0) is 24.5 Å². The fraction of sp³-hybridized carbons (Fsp3) is 0.545. The van der Waals surface area contributed by atoms with Crippen LogP contribution in [0.25, 0.3) is 0 Å². The summed E-state index contributed by atoms with van der Waals surface area (Å²) in [6, 6.07) is 4.74. The molecule has 100 valence electrons. The van der Waals surface area contributed by atoms with Crippen LogP contribution in [0.1, 0.15) is 25.1 Å². The molecule has 1 unspecified atom stereocenters. The fourth-order valence-electron chi connectivity index (χ4n) is 1.43. The first-order valence-electron chi connectivity index (χ1n) is 5.53. The summed E-state index contributed by atoms with van der Waals surface area (Å²) < 4.78 is 26.1. The molecule has 1 atom stereocenters. The molecule has 0 saturated carbocycles. The molecule has 1 aromatic rings. The molecule has 0 aliphatic rings. The summed E-state index contributed by atoms with van der Waals surface area (Å²) in [4.78, 5) is 0.345. The molecule has 1 heterocycles. The number of aliphatic hydroxyl groups is 1. The third kappa shape index (κ3) is 4.38. The number of nitrogens with zero attached hydrogens (tertiary/aromatic N) is 1. The summed E-state index contributed by atoms with van der Waals surface area (Å²) in [5.74, 6) is 0.302. The van der Waals surface area contributed by atoms with Gasteiger partial charge in [0.15, 0.2) is 0 Å². The summed E-state index contributed by atoms with van der Waals surface area (Å²) in [5, 5.41) is 18.2. The minimum absolute atomic E-state index is 0.0136. The van der Waals surface area contributed by atoms with Crippen LogP contribution in [0.3, 0.4) is 0 Å². The normalized spacial score (nSPS) is 13.5. The van der Waals surface area contributed by atoms with Crippen LogP contribution in [0.5, 0.6) is 0 Å². The SMILES string of the molecule is CC(C)CC(O)CNS(=O)(=O)c1ccc(C#N)s1. The Labute approximate surface area is 111 Å². The van der Waals surface area contributed by atoms with Crippen molar-refractivity contribution in [2.45, 2.75) is 30.6 Å². The Kier molecular flexibility index (Phi) is 5.28. The molecule has 7 heteroatoms. The standard InChI is InChI=1S/C11H16N2O3S2/c1-8(2)5-9(14)7-13-18(15,16)11-4-3-10(6-12)17-11/h3-4,8-9,13-14H,5,7H2,1-2H3. The number of nitriles is 1. The third-order valence-electron chi connectivity index (χ3n) is 2.21. The van der Waals surface area contributed by atoms with Gasteiger partial charge in [-0.3, -0.25) is 0 Å². The van der Waals surface area contributed by atoms with Crippen LogP contribution >= 0.6 is 11.3 Å². The van der Waals surface area contributed by atoms with Gasteiger partial charge in [-0.1, -0.05) is 13.8 Å². The van der Waals surface area contributed by atoms with Crippen molar-refractivity contribution in [3.8, 4) is 6.07 Å². The average molecular weight is 288 g/mol. The van der Waals surface area contributed by atoms with Gasteiger partial charge >= 0.3 is 0 Å². The van der Waals surface area contributed by atoms with Gasteiger partial charge in [-0.15, -0.1) is 11.3 Å². The van der Waals surface area contributed by atoms with Gasteiger partial charge in [0, 0.05) is 6.54 Å². The Hall–Kier alpha value is -0.940. The van der Waals surface area contributed by atoms with Crippen LogP contribution in [0.2, 0.25) is 0 Å². The van der Waals surface area contributed by atoms with Crippen molar-refractivity contribution < 1.29 is 13.5 Å². The van der Waals surface area contributed by atoms with E-state index in [9.17, 15) is 13.5 Å². The van der Waals surface area contributed by atoms with Crippen molar-refractivity contribution in [2.24, 2.45) is 5.92 Å². The number of thiophene rings is 1. The molecule has 0 aliphatic heterocycles. The highest BCUT2D eigenvalue weighted by molar-refractivity contribution is 7.91. The van der Waals surface area contributed by atoms with Crippen LogP contribution in [0.15, 0.2) is 16.3 Å². The molecule has 0 bridgehead atoms. The van der Waals surface area contributed by atoms with Crippen molar-refractivity contribution in [1.29, 1.82) is 5.26 Å². The molecule has 0 amide bonds. The van der Waals surface area contributed by atoms with Crippen molar-refractivity contribution in [3.63, 3.8) is 0 Å². The quantitative estimate of drug-likeness (QED) is 0.825. The first-order chi connectivity index (χ1) is 8.35. The summed E-state index contributed by atoms with van der Waals surface area (Å²) in [5.41, 5.74) is 0. The number of hydrogen-bond acceptors (Lipinski definition) is 5. The number of aliphatic hydroxyl groups excluding tert-OH is 1. The summed E-state index contributed by atoms with van der Waals surface area (Å²) in [6.07, 6.45) is -0.161. The first kappa shape index (κ1) is 15.1. The molecule has 0 radical (unpaired) electrons. The van der Waals surface area contributed by atoms with E-state index in [1.165, 1.54) is 12.1 Å². The zero-order valence-corrected chi connectivity index (χ0v) is 11.9. The molecular formula is C11H16N2O3S2. The van der Waals surface area contributed by atoms with Gasteiger partial charge in [0.2, 0.25) is 10.0 Å². The zero-order chi connectivity index (χ0) is 13.8. The Bertz CT molecular complexity index is 529. The smallest absolute Gasteiger partial charge is 0.250 e. The molecule has 0 aromatic carbocycles. The molecule has 18 heavy (non-hydrogen) atoms. The van der Waals surface area contributed by atoms with E-state index >= 15 is 0 Å². The summed E-state index contributed by atoms with van der Waals surface area (Å²) >= 11 is 0.912. The van der Waals surface area contributed by atoms with E-state index in [2.05, 4.69) is 4.72 Å². The molecule has 0 spiro atoms. The number of nitrogens with one attached hydrogen (secondary N) is 1. The average Bonchev–Trinajstić information content (AvgIpc) is 2.75. The van der Waals surface area contributed by atoms with E-state index in [0.29, 0.717) is 17.2 Å². The minimum atomic E-state index is -3.62. The molecule has 0 aliphatic carbocycles. The lowest BCUT2D eigenvalue weighted by Gasteiger charge is -2.13. The lowest BCUT2D eigenvalue weighted by atomic mass is 10.1. The predicted molar refractivity (Wildman–Crippen MR) is 69.7 cm³/mol. The van der Waals surface area contributed by atoms with Crippen molar-refractivity contribution in [3.05, 3.63) is 17.0 Å². The van der Waals surface area contributed by atoms with Crippen LogP contribution in [-0.4, -0.2) is 26.2 Å². The molecule has 0 fully saturated rings. The van der Waals surface area contributed by atoms with E-state index < -0.39 is 16.1 Å². The molecule has 0 saturated heterocycles. The molecule has 2 N–H and O–H groups in total. The van der Waals surface area contributed by atoms with Crippen molar-refractivity contribution in [1.82, 2.24) is 4.72 Å². The molecule has 5 nitrogen and oxygen atoms in total. The summed E-state index contributed by atoms with van der Waals surface area (Å²) in [7, 11) is -3.62. The van der Waals surface area contributed by atoms with Crippen molar-refractivity contribution in [2.75, 3.05) is 6.54 Å². The lowest BCUT2D eigenvalue weighted by molar-refractivity contribution is 0.152. The topological polar surface area (TPSA) is 90.2 Å². The maximum Gasteiger partial charge on any atom is 0.250 e. The van der Waals surface area contributed by atoms with E-state index in [0.717, 1.165) is 11.3 Å².